The van der Waals surface area contributed by atoms with Crippen molar-refractivity contribution in [2.24, 2.45) is 0 Å². The zero-order chi connectivity index (χ0) is 17.7. The number of urea groups is 1. The van der Waals surface area contributed by atoms with Crippen LogP contribution in [0.2, 0.25) is 0 Å². The molecule has 1 heterocycles. The van der Waals surface area contributed by atoms with E-state index in [0.29, 0.717) is 18.7 Å². The molecule has 0 aliphatic carbocycles. The third kappa shape index (κ3) is 4.55. The Morgan fingerprint density at radius 2 is 1.88 bits per heavy atom. The van der Waals surface area contributed by atoms with Crippen LogP contribution < -0.4 is 5.32 Å². The number of hydrogen-bond acceptors (Lipinski definition) is 5. The summed E-state index contributed by atoms with van der Waals surface area (Å²) in [6, 6.07) is 6.35. The quantitative estimate of drug-likeness (QED) is 0.801. The second-order valence-electron chi connectivity index (χ2n) is 5.83. The van der Waals surface area contributed by atoms with Crippen LogP contribution in [0.15, 0.2) is 24.3 Å². The van der Waals surface area contributed by atoms with Crippen molar-refractivity contribution in [2.45, 2.75) is 39.6 Å². The molecule has 7 nitrogen and oxygen atoms in total. The Bertz CT molecular complexity index is 612. The molecule has 0 radical (unpaired) electrons. The summed E-state index contributed by atoms with van der Waals surface area (Å²) in [4.78, 5) is 36.7. The SMILES string of the molecule is CC(C)OCc1ccc(C(=O)O[C@@H](C)C(=O)N2CCNC2=O)cc1. The Hall–Kier alpha value is -2.41. The van der Waals surface area contributed by atoms with Crippen LogP contribution in [-0.4, -0.2) is 48.1 Å². The van der Waals surface area contributed by atoms with Crippen molar-refractivity contribution in [1.82, 2.24) is 10.2 Å². The molecule has 7 heteroatoms. The van der Waals surface area contributed by atoms with Crippen molar-refractivity contribution >= 4 is 17.9 Å². The summed E-state index contributed by atoms with van der Waals surface area (Å²) in [7, 11) is 0. The van der Waals surface area contributed by atoms with E-state index < -0.39 is 24.0 Å². The predicted octanol–water partition coefficient (Wildman–Crippen LogP) is 1.71. The standard InChI is InChI=1S/C17H22N2O5/c1-11(2)23-10-13-4-6-14(7-5-13)16(21)24-12(3)15(20)19-9-8-18-17(19)22/h4-7,11-12H,8-10H2,1-3H3,(H,18,22)/t12-/m0/s1. The minimum atomic E-state index is -1.02. The zero-order valence-electron chi connectivity index (χ0n) is 14.1. The van der Waals surface area contributed by atoms with Crippen molar-refractivity contribution in [1.29, 1.82) is 0 Å². The molecule has 1 saturated heterocycles. The van der Waals surface area contributed by atoms with Gasteiger partial charge in [0.05, 0.1) is 18.3 Å². The van der Waals surface area contributed by atoms with Crippen LogP contribution in [-0.2, 0) is 20.9 Å². The summed E-state index contributed by atoms with van der Waals surface area (Å²) in [6.45, 7) is 6.51. The van der Waals surface area contributed by atoms with Gasteiger partial charge in [-0.15, -0.1) is 0 Å². The van der Waals surface area contributed by atoms with Crippen LogP contribution in [0, 0.1) is 0 Å². The number of carbonyl (C=O) groups is 3. The lowest BCUT2D eigenvalue weighted by molar-refractivity contribution is -0.136. The number of carbonyl (C=O) groups excluding carboxylic acids is 3. The molecule has 1 aromatic carbocycles. The second-order valence-corrected chi connectivity index (χ2v) is 5.83. The van der Waals surface area contributed by atoms with Gasteiger partial charge in [-0.3, -0.25) is 9.69 Å². The third-order valence-corrected chi connectivity index (χ3v) is 3.53. The van der Waals surface area contributed by atoms with Crippen molar-refractivity contribution < 1.29 is 23.9 Å². The number of amides is 3. The molecule has 1 aromatic rings. The van der Waals surface area contributed by atoms with Crippen molar-refractivity contribution in [3.63, 3.8) is 0 Å². The molecule has 0 aromatic heterocycles. The summed E-state index contributed by atoms with van der Waals surface area (Å²) in [5.74, 6) is -1.13. The first kappa shape index (κ1) is 17.9. The normalized spacial score (nSPS) is 15.3. The van der Waals surface area contributed by atoms with Crippen LogP contribution >= 0.6 is 0 Å². The summed E-state index contributed by atoms with van der Waals surface area (Å²) in [6.07, 6.45) is -0.894. The fourth-order valence-electron chi connectivity index (χ4n) is 2.18. The maximum absolute atomic E-state index is 12.1. The number of benzene rings is 1. The molecular formula is C17H22N2O5. The molecule has 1 atom stereocenters. The van der Waals surface area contributed by atoms with Gasteiger partial charge in [0.1, 0.15) is 0 Å². The van der Waals surface area contributed by atoms with Gasteiger partial charge in [-0.1, -0.05) is 12.1 Å². The van der Waals surface area contributed by atoms with E-state index in [1.54, 1.807) is 24.3 Å². The molecule has 1 N–H and O–H groups in total. The monoisotopic (exact) mass is 334 g/mol. The van der Waals surface area contributed by atoms with E-state index in [2.05, 4.69) is 5.32 Å². The van der Waals surface area contributed by atoms with Crippen LogP contribution in [0.1, 0.15) is 36.7 Å². The number of nitrogens with one attached hydrogen (secondary N) is 1. The first-order chi connectivity index (χ1) is 11.4. The second kappa shape index (κ2) is 7.92. The number of imide groups is 1. The van der Waals surface area contributed by atoms with Gasteiger partial charge in [-0.05, 0) is 38.5 Å². The first-order valence-corrected chi connectivity index (χ1v) is 7.89. The maximum atomic E-state index is 12.1. The van der Waals surface area contributed by atoms with Gasteiger partial charge in [0.15, 0.2) is 6.10 Å². The van der Waals surface area contributed by atoms with Crippen molar-refractivity contribution in [3.05, 3.63) is 35.4 Å². The minimum absolute atomic E-state index is 0.129. The smallest absolute Gasteiger partial charge is 0.338 e. The molecule has 130 valence electrons. The van der Waals surface area contributed by atoms with E-state index in [0.717, 1.165) is 10.5 Å². The Morgan fingerprint density at radius 3 is 2.42 bits per heavy atom. The molecule has 2 rings (SSSR count). The number of nitrogens with zero attached hydrogens (tertiary/aromatic N) is 1. The highest BCUT2D eigenvalue weighted by Crippen LogP contribution is 2.11. The average Bonchev–Trinajstić information content (AvgIpc) is 2.98. The lowest BCUT2D eigenvalue weighted by Gasteiger charge is -2.18. The molecule has 24 heavy (non-hydrogen) atoms. The lowest BCUT2D eigenvalue weighted by Crippen LogP contribution is -2.41. The van der Waals surface area contributed by atoms with Crippen LogP contribution in [0.4, 0.5) is 4.79 Å². The summed E-state index contributed by atoms with van der Waals surface area (Å²) in [5.41, 5.74) is 1.28. The molecule has 0 spiro atoms. The Labute approximate surface area is 140 Å². The van der Waals surface area contributed by atoms with Gasteiger partial charge in [-0.25, -0.2) is 9.59 Å². The van der Waals surface area contributed by atoms with Gasteiger partial charge >= 0.3 is 12.0 Å². The molecule has 1 aliphatic heterocycles. The summed E-state index contributed by atoms with van der Waals surface area (Å²) >= 11 is 0. The molecule has 1 aliphatic rings. The van der Waals surface area contributed by atoms with E-state index >= 15 is 0 Å². The van der Waals surface area contributed by atoms with Crippen LogP contribution in [0.25, 0.3) is 0 Å². The van der Waals surface area contributed by atoms with E-state index in [4.69, 9.17) is 9.47 Å². The van der Waals surface area contributed by atoms with E-state index in [9.17, 15) is 14.4 Å². The van der Waals surface area contributed by atoms with E-state index in [1.807, 2.05) is 13.8 Å². The van der Waals surface area contributed by atoms with E-state index in [1.165, 1.54) is 6.92 Å². The fourth-order valence-corrected chi connectivity index (χ4v) is 2.18. The van der Waals surface area contributed by atoms with Crippen molar-refractivity contribution in [2.75, 3.05) is 13.1 Å². The minimum Gasteiger partial charge on any atom is -0.449 e. The summed E-state index contributed by atoms with van der Waals surface area (Å²) < 4.78 is 10.6. The van der Waals surface area contributed by atoms with Gasteiger partial charge < -0.3 is 14.8 Å². The van der Waals surface area contributed by atoms with Crippen LogP contribution in [0.5, 0.6) is 0 Å². The topological polar surface area (TPSA) is 84.9 Å². The molecule has 3 amide bonds. The van der Waals surface area contributed by atoms with Crippen LogP contribution in [0.3, 0.4) is 0 Å². The highest BCUT2D eigenvalue weighted by Gasteiger charge is 2.31. The number of esters is 1. The van der Waals surface area contributed by atoms with Gasteiger partial charge in [-0.2, -0.15) is 0 Å². The van der Waals surface area contributed by atoms with Crippen molar-refractivity contribution in [3.8, 4) is 0 Å². The van der Waals surface area contributed by atoms with Gasteiger partial charge in [0, 0.05) is 13.1 Å². The average molecular weight is 334 g/mol. The molecule has 0 unspecified atom stereocenters. The molecular weight excluding hydrogens is 312 g/mol. The Balaban J connectivity index is 1.91. The predicted molar refractivity (Wildman–Crippen MR) is 86.4 cm³/mol. The van der Waals surface area contributed by atoms with E-state index in [-0.39, 0.29) is 12.6 Å². The number of hydrogen-bond donors (Lipinski definition) is 1. The Morgan fingerprint density at radius 1 is 1.21 bits per heavy atom. The molecule has 0 bridgehead atoms. The third-order valence-electron chi connectivity index (χ3n) is 3.53. The Kier molecular flexibility index (Phi) is 5.92. The van der Waals surface area contributed by atoms with Gasteiger partial charge in [0.25, 0.3) is 5.91 Å². The maximum Gasteiger partial charge on any atom is 0.338 e. The highest BCUT2D eigenvalue weighted by atomic mass is 16.5. The summed E-state index contributed by atoms with van der Waals surface area (Å²) in [5, 5.41) is 2.53. The zero-order valence-corrected chi connectivity index (χ0v) is 14.1. The molecule has 1 fully saturated rings. The lowest BCUT2D eigenvalue weighted by atomic mass is 10.1. The molecule has 0 saturated carbocycles. The largest absolute Gasteiger partial charge is 0.449 e. The number of rotatable bonds is 6. The first-order valence-electron chi connectivity index (χ1n) is 7.89. The van der Waals surface area contributed by atoms with Gasteiger partial charge in [0.2, 0.25) is 0 Å². The highest BCUT2D eigenvalue weighted by molar-refractivity contribution is 5.99. The fraction of sp³-hybridized carbons (Fsp3) is 0.471. The number of ether oxygens (including phenoxy) is 2.